The van der Waals surface area contributed by atoms with Gasteiger partial charge in [-0.1, -0.05) is 52.3 Å². The van der Waals surface area contributed by atoms with Gasteiger partial charge in [-0.15, -0.1) is 0 Å². The van der Waals surface area contributed by atoms with E-state index in [1.807, 2.05) is 50.5 Å². The molecule has 2 rings (SSSR count). The fourth-order valence-electron chi connectivity index (χ4n) is 2.19. The zero-order chi connectivity index (χ0) is 15.2. The van der Waals surface area contributed by atoms with Crippen molar-refractivity contribution in [3.63, 3.8) is 0 Å². The van der Waals surface area contributed by atoms with Crippen molar-refractivity contribution in [2.75, 3.05) is 20.6 Å². The minimum atomic E-state index is 0.221. The summed E-state index contributed by atoms with van der Waals surface area (Å²) in [5.74, 6) is 0.221. The highest BCUT2D eigenvalue weighted by atomic mass is 79.9. The molecule has 110 valence electrons. The molecule has 0 N–H and O–H groups in total. The molecule has 0 fully saturated rings. The first-order valence-corrected chi connectivity index (χ1v) is 7.89. The number of carbonyl (C=O) groups is 1. The van der Waals surface area contributed by atoms with E-state index in [4.69, 9.17) is 0 Å². The van der Waals surface area contributed by atoms with Crippen molar-refractivity contribution in [3.05, 3.63) is 58.6 Å². The summed E-state index contributed by atoms with van der Waals surface area (Å²) in [6, 6.07) is 16.1. The molecule has 0 heterocycles. The van der Waals surface area contributed by atoms with Crippen LogP contribution in [0.25, 0.3) is 11.1 Å². The second-order valence-electron chi connectivity index (χ2n) is 5.41. The molecular weight excluding hydrogens is 326 g/mol. The maximum atomic E-state index is 12.1. The lowest BCUT2D eigenvalue weighted by Crippen LogP contribution is -2.14. The van der Waals surface area contributed by atoms with Crippen molar-refractivity contribution in [2.24, 2.45) is 0 Å². The molecule has 0 bridgehead atoms. The summed E-state index contributed by atoms with van der Waals surface area (Å²) in [5, 5.41) is 0. The van der Waals surface area contributed by atoms with E-state index >= 15 is 0 Å². The van der Waals surface area contributed by atoms with Crippen LogP contribution >= 0.6 is 15.9 Å². The summed E-state index contributed by atoms with van der Waals surface area (Å²) in [5.41, 5.74) is 3.09. The molecule has 0 aliphatic carbocycles. The first-order chi connectivity index (χ1) is 10.1. The summed E-state index contributed by atoms with van der Waals surface area (Å²) in [6.07, 6.45) is 1.51. The molecule has 2 aromatic carbocycles. The van der Waals surface area contributed by atoms with Gasteiger partial charge in [-0.3, -0.25) is 4.79 Å². The van der Waals surface area contributed by atoms with Gasteiger partial charge >= 0.3 is 0 Å². The van der Waals surface area contributed by atoms with Crippen molar-refractivity contribution in [3.8, 4) is 11.1 Å². The molecular formula is C18H20BrNO. The third-order valence-corrected chi connectivity index (χ3v) is 3.92. The minimum absolute atomic E-state index is 0.221. The lowest BCUT2D eigenvalue weighted by molar-refractivity contribution is 0.0977. The van der Waals surface area contributed by atoms with Crippen LogP contribution in [0.5, 0.6) is 0 Å². The highest BCUT2D eigenvalue weighted by Crippen LogP contribution is 2.22. The fraction of sp³-hybridized carbons (Fsp3) is 0.278. The quantitative estimate of drug-likeness (QED) is 0.710. The Labute approximate surface area is 134 Å². The maximum absolute atomic E-state index is 12.1. The number of halogens is 1. The van der Waals surface area contributed by atoms with Gasteiger partial charge < -0.3 is 4.90 Å². The molecule has 0 aromatic heterocycles. The standard InChI is InChI=1S/C18H20BrNO/c1-20(2)13-3-4-18(21)16-7-5-14(6-8-16)15-9-11-17(19)12-10-15/h5-12H,3-4,13H2,1-2H3. The number of nitrogens with zero attached hydrogens (tertiary/aromatic N) is 1. The third-order valence-electron chi connectivity index (χ3n) is 3.39. The topological polar surface area (TPSA) is 20.3 Å². The van der Waals surface area contributed by atoms with Crippen LogP contribution in [0.2, 0.25) is 0 Å². The normalized spacial score (nSPS) is 10.9. The van der Waals surface area contributed by atoms with E-state index in [-0.39, 0.29) is 5.78 Å². The molecule has 0 aliphatic heterocycles. The Hall–Kier alpha value is -1.45. The van der Waals surface area contributed by atoms with Crippen LogP contribution in [-0.2, 0) is 0 Å². The molecule has 0 aliphatic rings. The molecule has 0 atom stereocenters. The lowest BCUT2D eigenvalue weighted by atomic mass is 10.0. The fourth-order valence-corrected chi connectivity index (χ4v) is 2.46. The molecule has 0 amide bonds. The number of benzene rings is 2. The van der Waals surface area contributed by atoms with E-state index < -0.39 is 0 Å². The van der Waals surface area contributed by atoms with Crippen LogP contribution in [0, 0.1) is 0 Å². The van der Waals surface area contributed by atoms with Crippen LogP contribution in [0.1, 0.15) is 23.2 Å². The van der Waals surface area contributed by atoms with Crippen molar-refractivity contribution < 1.29 is 4.79 Å². The third kappa shape index (κ3) is 4.80. The van der Waals surface area contributed by atoms with Gasteiger partial charge in [0.05, 0.1) is 0 Å². The highest BCUT2D eigenvalue weighted by molar-refractivity contribution is 9.10. The predicted octanol–water partition coefficient (Wildman–Crippen LogP) is 4.64. The lowest BCUT2D eigenvalue weighted by Gasteiger charge is -2.08. The summed E-state index contributed by atoms with van der Waals surface area (Å²) in [6.45, 7) is 0.947. The van der Waals surface area contributed by atoms with E-state index in [2.05, 4.69) is 33.0 Å². The van der Waals surface area contributed by atoms with Crippen molar-refractivity contribution in [1.29, 1.82) is 0 Å². The van der Waals surface area contributed by atoms with E-state index in [0.29, 0.717) is 6.42 Å². The van der Waals surface area contributed by atoms with E-state index in [1.54, 1.807) is 0 Å². The molecule has 0 saturated heterocycles. The smallest absolute Gasteiger partial charge is 0.162 e. The minimum Gasteiger partial charge on any atom is -0.309 e. The SMILES string of the molecule is CN(C)CCCC(=O)c1ccc(-c2ccc(Br)cc2)cc1. The Morgan fingerprint density at radius 1 is 0.952 bits per heavy atom. The van der Waals surface area contributed by atoms with Gasteiger partial charge in [0.1, 0.15) is 0 Å². The number of rotatable bonds is 6. The van der Waals surface area contributed by atoms with Crippen LogP contribution in [-0.4, -0.2) is 31.3 Å². The second kappa shape index (κ2) is 7.53. The summed E-state index contributed by atoms with van der Waals surface area (Å²) < 4.78 is 1.07. The molecule has 0 radical (unpaired) electrons. The van der Waals surface area contributed by atoms with Crippen molar-refractivity contribution in [2.45, 2.75) is 12.8 Å². The summed E-state index contributed by atoms with van der Waals surface area (Å²) >= 11 is 3.43. The predicted molar refractivity (Wildman–Crippen MR) is 91.7 cm³/mol. The zero-order valence-corrected chi connectivity index (χ0v) is 14.1. The first-order valence-electron chi connectivity index (χ1n) is 7.10. The van der Waals surface area contributed by atoms with Crippen LogP contribution in [0.15, 0.2) is 53.0 Å². The maximum Gasteiger partial charge on any atom is 0.162 e. The number of hydrogen-bond donors (Lipinski definition) is 0. The summed E-state index contributed by atoms with van der Waals surface area (Å²) in [7, 11) is 4.05. The van der Waals surface area contributed by atoms with Gasteiger partial charge in [-0.2, -0.15) is 0 Å². The Morgan fingerprint density at radius 3 is 2.00 bits per heavy atom. The van der Waals surface area contributed by atoms with Crippen LogP contribution in [0.4, 0.5) is 0 Å². The van der Waals surface area contributed by atoms with Gasteiger partial charge in [-0.25, -0.2) is 0 Å². The van der Waals surface area contributed by atoms with Crippen LogP contribution in [0.3, 0.4) is 0 Å². The molecule has 2 nitrogen and oxygen atoms in total. The molecule has 21 heavy (non-hydrogen) atoms. The second-order valence-corrected chi connectivity index (χ2v) is 6.33. The average Bonchev–Trinajstić information content (AvgIpc) is 2.48. The van der Waals surface area contributed by atoms with Crippen molar-refractivity contribution >= 4 is 21.7 Å². The van der Waals surface area contributed by atoms with Gasteiger partial charge in [0, 0.05) is 16.5 Å². The Morgan fingerprint density at radius 2 is 1.48 bits per heavy atom. The zero-order valence-electron chi connectivity index (χ0n) is 12.5. The Kier molecular flexibility index (Phi) is 5.71. The Balaban J connectivity index is 2.01. The first kappa shape index (κ1) is 15.9. The molecule has 0 saturated carbocycles. The number of Topliss-reactive ketones (excluding diaryl/α,β-unsaturated/α-hetero) is 1. The molecule has 3 heteroatoms. The number of carbonyl (C=O) groups excluding carboxylic acids is 1. The van der Waals surface area contributed by atoms with E-state index in [0.717, 1.165) is 34.1 Å². The Bertz CT molecular complexity index is 588. The molecule has 0 unspecified atom stereocenters. The van der Waals surface area contributed by atoms with Gasteiger partial charge in [0.15, 0.2) is 5.78 Å². The average molecular weight is 346 g/mol. The van der Waals surface area contributed by atoms with Crippen LogP contribution < -0.4 is 0 Å². The largest absolute Gasteiger partial charge is 0.309 e. The van der Waals surface area contributed by atoms with Gasteiger partial charge in [0.25, 0.3) is 0 Å². The summed E-state index contributed by atoms with van der Waals surface area (Å²) in [4.78, 5) is 14.2. The molecule has 0 spiro atoms. The van der Waals surface area contributed by atoms with E-state index in [9.17, 15) is 4.79 Å². The monoisotopic (exact) mass is 345 g/mol. The van der Waals surface area contributed by atoms with Crippen molar-refractivity contribution in [1.82, 2.24) is 4.90 Å². The van der Waals surface area contributed by atoms with Gasteiger partial charge in [-0.05, 0) is 50.3 Å². The van der Waals surface area contributed by atoms with Gasteiger partial charge in [0.2, 0.25) is 0 Å². The number of hydrogen-bond acceptors (Lipinski definition) is 2. The highest BCUT2D eigenvalue weighted by Gasteiger charge is 2.06. The van der Waals surface area contributed by atoms with E-state index in [1.165, 1.54) is 0 Å². The molecule has 2 aromatic rings. The number of ketones is 1.